The van der Waals surface area contributed by atoms with Crippen molar-refractivity contribution in [2.75, 3.05) is 0 Å². The second-order valence-corrected chi connectivity index (χ2v) is 4.46. The largest absolute Gasteiger partial charge is 0.301 e. The first-order valence-corrected chi connectivity index (χ1v) is 5.20. The highest BCUT2D eigenvalue weighted by molar-refractivity contribution is 7.89. The Morgan fingerprint density at radius 1 is 1.31 bits per heavy atom. The molecule has 0 amide bonds. The average molecular weight is 197 g/mol. The normalized spacial score (nSPS) is 23.8. The van der Waals surface area contributed by atoms with E-state index < -0.39 is 16.1 Å². The maximum atomic E-state index is 11.4. The molecule has 1 atom stereocenters. The van der Waals surface area contributed by atoms with E-state index in [9.17, 15) is 13.2 Å². The monoisotopic (exact) mass is 197 g/mol. The molecule has 0 saturated heterocycles. The molecule has 1 N–H and O–H groups in total. The molecule has 68 valence electrons. The van der Waals surface area contributed by atoms with E-state index >= 15 is 0 Å². The van der Waals surface area contributed by atoms with Crippen molar-refractivity contribution in [1.82, 2.24) is 4.72 Å². The van der Waals surface area contributed by atoms with Gasteiger partial charge in [-0.2, -0.15) is 4.72 Å². The van der Waals surface area contributed by atoms with Crippen LogP contribution in [0.15, 0.2) is 29.2 Å². The van der Waals surface area contributed by atoms with E-state index in [4.69, 9.17) is 0 Å². The van der Waals surface area contributed by atoms with Crippen molar-refractivity contribution in [2.45, 2.75) is 10.9 Å². The zero-order valence-corrected chi connectivity index (χ0v) is 7.41. The van der Waals surface area contributed by atoms with Crippen LogP contribution in [0.2, 0.25) is 0 Å². The number of hydrogen-bond acceptors (Lipinski definition) is 3. The quantitative estimate of drug-likeness (QED) is 0.655. The highest BCUT2D eigenvalue weighted by Crippen LogP contribution is 2.28. The molecule has 1 aromatic carbocycles. The van der Waals surface area contributed by atoms with E-state index in [0.29, 0.717) is 11.8 Å². The molecule has 0 spiro atoms. The third-order valence-corrected chi connectivity index (χ3v) is 3.48. The Hall–Kier alpha value is -1.20. The summed E-state index contributed by atoms with van der Waals surface area (Å²) in [7, 11) is -3.45. The van der Waals surface area contributed by atoms with Gasteiger partial charge in [0.1, 0.15) is 12.3 Å². The van der Waals surface area contributed by atoms with E-state index in [0.717, 1.165) is 0 Å². The number of sulfonamides is 1. The van der Waals surface area contributed by atoms with Crippen LogP contribution in [0.4, 0.5) is 0 Å². The zero-order chi connectivity index (χ0) is 9.47. The smallest absolute Gasteiger partial charge is 0.241 e. The fraction of sp³-hybridized carbons (Fsp3) is 0.125. The van der Waals surface area contributed by atoms with Gasteiger partial charge < -0.3 is 4.79 Å². The predicted octanol–water partition coefficient (Wildman–Crippen LogP) is 0.218. The van der Waals surface area contributed by atoms with Crippen LogP contribution >= 0.6 is 0 Å². The number of nitrogens with one attached hydrogen (secondary N) is 1. The van der Waals surface area contributed by atoms with Crippen LogP contribution in [0.1, 0.15) is 11.6 Å². The second-order valence-electron chi connectivity index (χ2n) is 2.77. The van der Waals surface area contributed by atoms with Crippen molar-refractivity contribution >= 4 is 16.3 Å². The van der Waals surface area contributed by atoms with Gasteiger partial charge >= 0.3 is 0 Å². The lowest BCUT2D eigenvalue weighted by molar-refractivity contribution is -0.109. The molecule has 0 unspecified atom stereocenters. The molecule has 0 fully saturated rings. The summed E-state index contributed by atoms with van der Waals surface area (Å²) in [6, 6.07) is 5.73. The van der Waals surface area contributed by atoms with Gasteiger partial charge in [0.2, 0.25) is 10.0 Å². The molecule has 0 aromatic heterocycles. The summed E-state index contributed by atoms with van der Waals surface area (Å²) in [5, 5.41) is 0. The summed E-state index contributed by atoms with van der Waals surface area (Å²) in [5.41, 5.74) is 0.525. The highest BCUT2D eigenvalue weighted by Gasteiger charge is 2.32. The Morgan fingerprint density at radius 2 is 2.00 bits per heavy atom. The van der Waals surface area contributed by atoms with Gasteiger partial charge in [-0.3, -0.25) is 0 Å². The van der Waals surface area contributed by atoms with E-state index in [2.05, 4.69) is 4.72 Å². The third kappa shape index (κ3) is 1.16. The van der Waals surface area contributed by atoms with E-state index in [1.54, 1.807) is 18.2 Å². The van der Waals surface area contributed by atoms with Gasteiger partial charge in [-0.15, -0.1) is 0 Å². The van der Waals surface area contributed by atoms with Gasteiger partial charge in [-0.25, -0.2) is 8.42 Å². The molecular formula is C8H7NO3S. The molecule has 4 nitrogen and oxygen atoms in total. The summed E-state index contributed by atoms with van der Waals surface area (Å²) in [6.07, 6.45) is 0.587. The number of hydrogen-bond donors (Lipinski definition) is 1. The minimum Gasteiger partial charge on any atom is -0.301 e. The van der Waals surface area contributed by atoms with Crippen LogP contribution in [-0.4, -0.2) is 14.7 Å². The summed E-state index contributed by atoms with van der Waals surface area (Å²) in [4.78, 5) is 10.7. The molecule has 13 heavy (non-hydrogen) atoms. The van der Waals surface area contributed by atoms with Gasteiger partial charge in [0.15, 0.2) is 0 Å². The van der Waals surface area contributed by atoms with Crippen molar-refractivity contribution < 1.29 is 13.2 Å². The SMILES string of the molecule is O=C[C@@H]1NS(=O)(=O)c2ccccc21. The highest BCUT2D eigenvalue weighted by atomic mass is 32.2. The van der Waals surface area contributed by atoms with Crippen molar-refractivity contribution in [3.63, 3.8) is 0 Å². The molecular weight excluding hydrogens is 190 g/mol. The summed E-state index contributed by atoms with van der Waals surface area (Å²) in [6.45, 7) is 0. The molecule has 2 rings (SSSR count). The van der Waals surface area contributed by atoms with Gasteiger partial charge in [-0.05, 0) is 11.6 Å². The van der Waals surface area contributed by atoms with Crippen LogP contribution in [-0.2, 0) is 14.8 Å². The van der Waals surface area contributed by atoms with Crippen molar-refractivity contribution in [3.05, 3.63) is 29.8 Å². The Labute approximate surface area is 75.6 Å². The van der Waals surface area contributed by atoms with E-state index in [-0.39, 0.29) is 4.90 Å². The fourth-order valence-electron chi connectivity index (χ4n) is 1.38. The molecule has 1 aliphatic rings. The topological polar surface area (TPSA) is 63.2 Å². The minimum absolute atomic E-state index is 0.201. The molecule has 1 heterocycles. The van der Waals surface area contributed by atoms with Gasteiger partial charge in [0.05, 0.1) is 4.90 Å². The molecule has 1 aliphatic heterocycles. The number of benzene rings is 1. The lowest BCUT2D eigenvalue weighted by atomic mass is 10.1. The van der Waals surface area contributed by atoms with E-state index in [1.807, 2.05) is 0 Å². The van der Waals surface area contributed by atoms with Crippen LogP contribution in [0.25, 0.3) is 0 Å². The Bertz CT molecular complexity index is 452. The van der Waals surface area contributed by atoms with Crippen LogP contribution in [0.3, 0.4) is 0 Å². The van der Waals surface area contributed by atoms with Crippen LogP contribution in [0.5, 0.6) is 0 Å². The number of fused-ring (bicyclic) bond motifs is 1. The standard InChI is InChI=1S/C8H7NO3S/c10-5-7-6-3-1-2-4-8(6)13(11,12)9-7/h1-5,7,9H/t7-/m0/s1. The third-order valence-electron chi connectivity index (χ3n) is 1.96. The van der Waals surface area contributed by atoms with Gasteiger partial charge in [0.25, 0.3) is 0 Å². The first kappa shape index (κ1) is 8.40. The maximum Gasteiger partial charge on any atom is 0.241 e. The van der Waals surface area contributed by atoms with Gasteiger partial charge in [0, 0.05) is 0 Å². The number of carbonyl (C=O) groups excluding carboxylic acids is 1. The fourth-order valence-corrected chi connectivity index (χ4v) is 2.78. The van der Waals surface area contributed by atoms with Crippen LogP contribution < -0.4 is 4.72 Å². The molecule has 0 bridgehead atoms. The predicted molar refractivity (Wildman–Crippen MR) is 45.6 cm³/mol. The summed E-state index contributed by atoms with van der Waals surface area (Å²) < 4.78 is 25.0. The Kier molecular flexibility index (Phi) is 1.71. The first-order chi connectivity index (χ1) is 6.15. The Morgan fingerprint density at radius 3 is 2.69 bits per heavy atom. The zero-order valence-electron chi connectivity index (χ0n) is 6.60. The molecule has 0 radical (unpaired) electrons. The number of aldehydes is 1. The number of carbonyl (C=O) groups is 1. The molecule has 0 aliphatic carbocycles. The number of rotatable bonds is 1. The van der Waals surface area contributed by atoms with Crippen molar-refractivity contribution in [2.24, 2.45) is 0 Å². The second kappa shape index (κ2) is 2.65. The molecule has 0 saturated carbocycles. The van der Waals surface area contributed by atoms with Gasteiger partial charge in [-0.1, -0.05) is 18.2 Å². The molecule has 1 aromatic rings. The maximum absolute atomic E-state index is 11.4. The average Bonchev–Trinajstić information content (AvgIpc) is 2.39. The van der Waals surface area contributed by atoms with Crippen molar-refractivity contribution in [1.29, 1.82) is 0 Å². The summed E-state index contributed by atoms with van der Waals surface area (Å²) >= 11 is 0. The first-order valence-electron chi connectivity index (χ1n) is 3.72. The lowest BCUT2D eigenvalue weighted by Gasteiger charge is -1.97. The van der Waals surface area contributed by atoms with E-state index in [1.165, 1.54) is 6.07 Å². The molecule has 5 heteroatoms. The lowest BCUT2D eigenvalue weighted by Crippen LogP contribution is -2.20. The minimum atomic E-state index is -3.45. The van der Waals surface area contributed by atoms with Crippen molar-refractivity contribution in [3.8, 4) is 0 Å². The van der Waals surface area contributed by atoms with Crippen LogP contribution in [0, 0.1) is 0 Å². The Balaban J connectivity index is 2.70. The summed E-state index contributed by atoms with van der Waals surface area (Å²) in [5.74, 6) is 0.